The van der Waals surface area contributed by atoms with Gasteiger partial charge in [0.25, 0.3) is 0 Å². The standard InChI is InChI=1S/C20H33NO3/c1-4-5-6-12-21-13-10-17(20(16-21)23-3)11-14-24-19-9-7-8-18(15-19)22-2/h7-9,15,17,20H,4-6,10-14,16H2,1-3H3/t17-,20-/m0/s1. The van der Waals surface area contributed by atoms with Crippen LogP contribution >= 0.6 is 0 Å². The first-order valence-corrected chi connectivity index (χ1v) is 9.28. The summed E-state index contributed by atoms with van der Waals surface area (Å²) >= 11 is 0. The molecule has 0 saturated carbocycles. The normalized spacial score (nSPS) is 21.6. The first-order valence-electron chi connectivity index (χ1n) is 9.28. The lowest BCUT2D eigenvalue weighted by Crippen LogP contribution is -2.45. The summed E-state index contributed by atoms with van der Waals surface area (Å²) in [4.78, 5) is 2.56. The number of methoxy groups -OCH3 is 2. The van der Waals surface area contributed by atoms with Crippen molar-refractivity contribution in [1.82, 2.24) is 4.90 Å². The van der Waals surface area contributed by atoms with E-state index in [1.807, 2.05) is 31.4 Å². The Kier molecular flexibility index (Phi) is 8.40. The maximum absolute atomic E-state index is 5.90. The summed E-state index contributed by atoms with van der Waals surface area (Å²) in [5.74, 6) is 2.30. The molecule has 2 atom stereocenters. The topological polar surface area (TPSA) is 30.9 Å². The van der Waals surface area contributed by atoms with E-state index in [2.05, 4.69) is 11.8 Å². The summed E-state index contributed by atoms with van der Waals surface area (Å²) in [6.07, 6.45) is 6.48. The SMILES string of the molecule is CCCCCN1CC[C@@H](CCOc2cccc(OC)c2)[C@@H](OC)C1. The van der Waals surface area contributed by atoms with Gasteiger partial charge in [0.15, 0.2) is 0 Å². The van der Waals surface area contributed by atoms with Crippen LogP contribution in [0.5, 0.6) is 11.5 Å². The Morgan fingerprint density at radius 3 is 2.75 bits per heavy atom. The lowest BCUT2D eigenvalue weighted by molar-refractivity contribution is -0.0180. The van der Waals surface area contributed by atoms with Gasteiger partial charge in [-0.2, -0.15) is 0 Å². The highest BCUT2D eigenvalue weighted by atomic mass is 16.5. The van der Waals surface area contributed by atoms with Crippen LogP contribution in [-0.4, -0.2) is 51.5 Å². The Morgan fingerprint density at radius 1 is 1.17 bits per heavy atom. The van der Waals surface area contributed by atoms with Crippen LogP contribution in [0.1, 0.15) is 39.0 Å². The molecular weight excluding hydrogens is 302 g/mol. The van der Waals surface area contributed by atoms with E-state index in [9.17, 15) is 0 Å². The van der Waals surface area contributed by atoms with Gasteiger partial charge in [0.1, 0.15) is 11.5 Å². The summed E-state index contributed by atoms with van der Waals surface area (Å²) < 4.78 is 16.9. The zero-order chi connectivity index (χ0) is 17.2. The van der Waals surface area contributed by atoms with Crippen molar-refractivity contribution in [3.63, 3.8) is 0 Å². The highest BCUT2D eigenvalue weighted by Crippen LogP contribution is 2.25. The van der Waals surface area contributed by atoms with E-state index in [-0.39, 0.29) is 0 Å². The molecule has 4 nitrogen and oxygen atoms in total. The summed E-state index contributed by atoms with van der Waals surface area (Å²) in [6, 6.07) is 7.81. The molecule has 0 spiro atoms. The number of rotatable bonds is 10. The van der Waals surface area contributed by atoms with Crippen LogP contribution in [-0.2, 0) is 4.74 Å². The Hall–Kier alpha value is -1.26. The molecule has 0 amide bonds. The van der Waals surface area contributed by atoms with Crippen molar-refractivity contribution in [2.75, 3.05) is 40.5 Å². The molecule has 4 heteroatoms. The monoisotopic (exact) mass is 335 g/mol. The highest BCUT2D eigenvalue weighted by Gasteiger charge is 2.28. The van der Waals surface area contributed by atoms with E-state index in [0.29, 0.717) is 12.0 Å². The molecule has 2 rings (SSSR count). The molecule has 1 aromatic rings. The van der Waals surface area contributed by atoms with Gasteiger partial charge in [0.05, 0.1) is 19.8 Å². The molecule has 0 bridgehead atoms. The maximum Gasteiger partial charge on any atom is 0.122 e. The van der Waals surface area contributed by atoms with Gasteiger partial charge in [0, 0.05) is 19.7 Å². The van der Waals surface area contributed by atoms with Crippen LogP contribution in [0, 0.1) is 5.92 Å². The highest BCUT2D eigenvalue weighted by molar-refractivity contribution is 5.32. The predicted octanol–water partition coefficient (Wildman–Crippen LogP) is 3.99. The zero-order valence-electron chi connectivity index (χ0n) is 15.5. The molecule has 1 aromatic carbocycles. The average molecular weight is 335 g/mol. The van der Waals surface area contributed by atoms with Crippen LogP contribution < -0.4 is 9.47 Å². The maximum atomic E-state index is 5.90. The van der Waals surface area contributed by atoms with Crippen LogP contribution in [0.2, 0.25) is 0 Å². The molecular formula is C20H33NO3. The van der Waals surface area contributed by atoms with Crippen LogP contribution in [0.4, 0.5) is 0 Å². The number of hydrogen-bond acceptors (Lipinski definition) is 4. The lowest BCUT2D eigenvalue weighted by Gasteiger charge is -2.37. The van der Waals surface area contributed by atoms with Crippen molar-refractivity contribution in [3.05, 3.63) is 24.3 Å². The molecule has 1 fully saturated rings. The van der Waals surface area contributed by atoms with Crippen molar-refractivity contribution in [2.45, 2.75) is 45.1 Å². The summed E-state index contributed by atoms with van der Waals surface area (Å²) in [5.41, 5.74) is 0. The average Bonchev–Trinajstić information content (AvgIpc) is 2.63. The number of benzene rings is 1. The van der Waals surface area contributed by atoms with Crippen molar-refractivity contribution >= 4 is 0 Å². The van der Waals surface area contributed by atoms with Gasteiger partial charge in [-0.1, -0.05) is 25.8 Å². The van der Waals surface area contributed by atoms with Crippen molar-refractivity contribution in [3.8, 4) is 11.5 Å². The first kappa shape index (κ1) is 19.1. The van der Waals surface area contributed by atoms with E-state index in [4.69, 9.17) is 14.2 Å². The van der Waals surface area contributed by atoms with E-state index in [0.717, 1.165) is 31.1 Å². The van der Waals surface area contributed by atoms with Gasteiger partial charge in [0.2, 0.25) is 0 Å². The Balaban J connectivity index is 1.73. The molecule has 1 heterocycles. The summed E-state index contributed by atoms with van der Waals surface area (Å²) in [6.45, 7) is 6.44. The fourth-order valence-electron chi connectivity index (χ4n) is 3.43. The minimum absolute atomic E-state index is 0.328. The van der Waals surface area contributed by atoms with Crippen LogP contribution in [0.25, 0.3) is 0 Å². The zero-order valence-corrected chi connectivity index (χ0v) is 15.5. The van der Waals surface area contributed by atoms with Crippen LogP contribution in [0.15, 0.2) is 24.3 Å². The second kappa shape index (κ2) is 10.6. The number of nitrogens with zero attached hydrogens (tertiary/aromatic N) is 1. The van der Waals surface area contributed by atoms with Gasteiger partial charge in [-0.3, -0.25) is 0 Å². The van der Waals surface area contributed by atoms with Gasteiger partial charge in [-0.25, -0.2) is 0 Å². The van der Waals surface area contributed by atoms with E-state index < -0.39 is 0 Å². The van der Waals surface area contributed by atoms with Crippen LogP contribution in [0.3, 0.4) is 0 Å². The van der Waals surface area contributed by atoms with Crippen molar-refractivity contribution < 1.29 is 14.2 Å². The second-order valence-electron chi connectivity index (χ2n) is 6.65. The largest absolute Gasteiger partial charge is 0.497 e. The number of unbranched alkanes of at least 4 members (excludes halogenated alkanes) is 2. The molecule has 0 unspecified atom stereocenters. The molecule has 136 valence electrons. The summed E-state index contributed by atoms with van der Waals surface area (Å²) in [5, 5.41) is 0. The van der Waals surface area contributed by atoms with Crippen molar-refractivity contribution in [2.24, 2.45) is 5.92 Å². The summed E-state index contributed by atoms with van der Waals surface area (Å²) in [7, 11) is 3.52. The molecule has 1 aliphatic heterocycles. The number of likely N-dealkylation sites (tertiary alicyclic amines) is 1. The Bertz CT molecular complexity index is 466. The molecule has 0 N–H and O–H groups in total. The minimum Gasteiger partial charge on any atom is -0.497 e. The van der Waals surface area contributed by atoms with E-state index >= 15 is 0 Å². The molecule has 0 radical (unpaired) electrons. The fraction of sp³-hybridized carbons (Fsp3) is 0.700. The molecule has 24 heavy (non-hydrogen) atoms. The quantitative estimate of drug-likeness (QED) is 0.605. The molecule has 1 aliphatic rings. The predicted molar refractivity (Wildman–Crippen MR) is 98.0 cm³/mol. The smallest absolute Gasteiger partial charge is 0.122 e. The molecule has 1 saturated heterocycles. The van der Waals surface area contributed by atoms with E-state index in [1.165, 1.54) is 38.8 Å². The number of hydrogen-bond donors (Lipinski definition) is 0. The number of ether oxygens (including phenoxy) is 3. The third-order valence-electron chi connectivity index (χ3n) is 4.96. The second-order valence-corrected chi connectivity index (χ2v) is 6.65. The van der Waals surface area contributed by atoms with Gasteiger partial charge < -0.3 is 19.1 Å². The first-order chi connectivity index (χ1) is 11.8. The third-order valence-corrected chi connectivity index (χ3v) is 4.96. The minimum atomic E-state index is 0.328. The Morgan fingerprint density at radius 2 is 2.00 bits per heavy atom. The van der Waals surface area contributed by atoms with Gasteiger partial charge in [-0.15, -0.1) is 0 Å². The Labute approximate surface area is 147 Å². The lowest BCUT2D eigenvalue weighted by atomic mass is 9.91. The molecule has 0 aliphatic carbocycles. The third kappa shape index (κ3) is 5.99. The number of piperidine rings is 1. The fourth-order valence-corrected chi connectivity index (χ4v) is 3.43. The van der Waals surface area contributed by atoms with Gasteiger partial charge in [-0.05, 0) is 50.4 Å². The van der Waals surface area contributed by atoms with Crippen molar-refractivity contribution in [1.29, 1.82) is 0 Å². The van der Waals surface area contributed by atoms with Gasteiger partial charge >= 0.3 is 0 Å². The van der Waals surface area contributed by atoms with E-state index in [1.54, 1.807) is 7.11 Å². The molecule has 0 aromatic heterocycles.